The van der Waals surface area contributed by atoms with Gasteiger partial charge >= 0.3 is 0 Å². The highest BCUT2D eigenvalue weighted by atomic mass is 31.2. The lowest BCUT2D eigenvalue weighted by Crippen LogP contribution is -2.42. The smallest absolute Gasteiger partial charge is 0.151 e. The molecule has 1 heterocycles. The molecule has 4 rings (SSSR count). The molecule has 3 nitrogen and oxygen atoms in total. The number of ether oxygens (including phenoxy) is 1. The van der Waals surface area contributed by atoms with Crippen LogP contribution in [-0.2, 0) is 9.30 Å². The summed E-state index contributed by atoms with van der Waals surface area (Å²) in [4.78, 5) is 0. The first-order valence-electron chi connectivity index (χ1n) is 10.3. The van der Waals surface area contributed by atoms with Gasteiger partial charge in [-0.05, 0) is 24.8 Å². The molecule has 4 heteroatoms. The molecule has 150 valence electrons. The third-order valence-corrected chi connectivity index (χ3v) is 9.35. The van der Waals surface area contributed by atoms with Crippen LogP contribution in [0, 0.1) is 0 Å². The van der Waals surface area contributed by atoms with Crippen molar-refractivity contribution in [1.82, 2.24) is 0 Å². The lowest BCUT2D eigenvalue weighted by molar-refractivity contribution is -0.0121. The van der Waals surface area contributed by atoms with Crippen LogP contribution in [0.15, 0.2) is 91.0 Å². The molecule has 0 amide bonds. The summed E-state index contributed by atoms with van der Waals surface area (Å²) in [6.45, 7) is 0.645. The van der Waals surface area contributed by atoms with E-state index in [0.29, 0.717) is 6.61 Å². The molecule has 0 aromatic heterocycles. The third kappa shape index (κ3) is 4.09. The molecule has 1 unspecified atom stereocenters. The van der Waals surface area contributed by atoms with Gasteiger partial charge < -0.3 is 14.4 Å². The number of hydrogen-bond acceptors (Lipinski definition) is 3. The minimum atomic E-state index is -3.20. The van der Waals surface area contributed by atoms with Crippen molar-refractivity contribution in [3.63, 3.8) is 0 Å². The molecule has 1 saturated heterocycles. The van der Waals surface area contributed by atoms with E-state index in [1.165, 1.54) is 0 Å². The largest absolute Gasteiger partial charge is 0.388 e. The van der Waals surface area contributed by atoms with Gasteiger partial charge in [0.1, 0.15) is 0 Å². The fraction of sp³-hybridized carbons (Fsp3) is 0.280. The Morgan fingerprint density at radius 2 is 1.31 bits per heavy atom. The van der Waals surface area contributed by atoms with Gasteiger partial charge in [0.15, 0.2) is 7.14 Å². The molecule has 3 atom stereocenters. The average molecular weight is 406 g/mol. The van der Waals surface area contributed by atoms with Gasteiger partial charge in [-0.3, -0.25) is 0 Å². The zero-order chi connectivity index (χ0) is 20.1. The minimum Gasteiger partial charge on any atom is -0.388 e. The first-order valence-corrected chi connectivity index (χ1v) is 12.0. The zero-order valence-electron chi connectivity index (χ0n) is 16.4. The predicted octanol–water partition coefficient (Wildman–Crippen LogP) is 4.67. The Hall–Kier alpha value is -2.19. The molecule has 1 aliphatic heterocycles. The number of hydrogen-bond donors (Lipinski definition) is 1. The molecule has 0 spiro atoms. The van der Waals surface area contributed by atoms with Crippen molar-refractivity contribution in [1.29, 1.82) is 0 Å². The van der Waals surface area contributed by atoms with E-state index < -0.39 is 18.9 Å². The van der Waals surface area contributed by atoms with Crippen molar-refractivity contribution in [2.45, 2.75) is 37.1 Å². The average Bonchev–Trinajstić information content (AvgIpc) is 2.81. The van der Waals surface area contributed by atoms with Crippen molar-refractivity contribution >= 4 is 17.8 Å². The van der Waals surface area contributed by atoms with E-state index >= 15 is 0 Å². The van der Waals surface area contributed by atoms with E-state index in [1.54, 1.807) is 0 Å². The van der Waals surface area contributed by atoms with Gasteiger partial charge in [0.2, 0.25) is 0 Å². The van der Waals surface area contributed by atoms with Crippen molar-refractivity contribution in [2.24, 2.45) is 0 Å². The quantitative estimate of drug-likeness (QED) is 0.605. The summed E-state index contributed by atoms with van der Waals surface area (Å²) in [7, 11) is -3.20. The van der Waals surface area contributed by atoms with Gasteiger partial charge in [-0.25, -0.2) is 0 Å². The SMILES string of the molecule is O=P(c1ccccc1)(c1ccccc1)[C@H](C1CCCCO1)[C@@H](O)c1ccccc1. The lowest BCUT2D eigenvalue weighted by atomic mass is 9.98. The number of aliphatic hydroxyl groups excluding tert-OH is 1. The summed E-state index contributed by atoms with van der Waals surface area (Å²) in [5, 5.41) is 13.1. The van der Waals surface area contributed by atoms with Crippen LogP contribution >= 0.6 is 7.14 Å². The highest BCUT2D eigenvalue weighted by molar-refractivity contribution is 7.79. The molecular weight excluding hydrogens is 379 g/mol. The Kier molecular flexibility index (Phi) is 6.30. The van der Waals surface area contributed by atoms with Crippen LogP contribution < -0.4 is 10.6 Å². The first kappa shape index (κ1) is 20.1. The van der Waals surface area contributed by atoms with Gasteiger partial charge in [-0.15, -0.1) is 0 Å². The number of benzene rings is 3. The molecule has 0 radical (unpaired) electrons. The van der Waals surface area contributed by atoms with E-state index in [2.05, 4.69) is 0 Å². The molecule has 0 aliphatic carbocycles. The third-order valence-electron chi connectivity index (χ3n) is 5.76. The van der Waals surface area contributed by atoms with Crippen LogP contribution in [0.25, 0.3) is 0 Å². The summed E-state index contributed by atoms with van der Waals surface area (Å²) in [6, 6.07) is 28.7. The van der Waals surface area contributed by atoms with Crippen LogP contribution in [0.5, 0.6) is 0 Å². The molecule has 1 N–H and O–H groups in total. The maximum absolute atomic E-state index is 15.0. The molecule has 3 aromatic rings. The first-order chi connectivity index (χ1) is 14.2. The maximum atomic E-state index is 15.0. The summed E-state index contributed by atoms with van der Waals surface area (Å²) in [6.07, 6.45) is 1.69. The van der Waals surface area contributed by atoms with Crippen LogP contribution in [0.1, 0.15) is 30.9 Å². The standard InChI is InChI=1S/C25H27O3P/c26-24(20-12-4-1-5-13-20)25(23-18-10-11-19-28-23)29(27,21-14-6-2-7-15-21)22-16-8-3-9-17-22/h1-9,12-17,23-26H,10-11,18-19H2/t23?,24-,25+/m0/s1. The Labute approximate surface area is 172 Å². The Morgan fingerprint density at radius 1 is 0.793 bits per heavy atom. The molecule has 0 bridgehead atoms. The molecule has 1 fully saturated rings. The summed E-state index contributed by atoms with van der Waals surface area (Å²) >= 11 is 0. The van der Waals surface area contributed by atoms with Crippen molar-refractivity contribution in [3.8, 4) is 0 Å². The topological polar surface area (TPSA) is 46.5 Å². The monoisotopic (exact) mass is 406 g/mol. The maximum Gasteiger partial charge on any atom is 0.151 e. The second kappa shape index (κ2) is 9.09. The minimum absolute atomic E-state index is 0.259. The van der Waals surface area contributed by atoms with Crippen molar-refractivity contribution in [2.75, 3.05) is 6.61 Å². The number of rotatable bonds is 6. The van der Waals surface area contributed by atoms with Crippen molar-refractivity contribution < 1.29 is 14.4 Å². The van der Waals surface area contributed by atoms with E-state index in [1.807, 2.05) is 91.0 Å². The normalized spacial score (nSPS) is 19.4. The molecule has 3 aromatic carbocycles. The van der Waals surface area contributed by atoms with Gasteiger partial charge in [0.05, 0.1) is 17.9 Å². The van der Waals surface area contributed by atoms with Crippen LogP contribution in [0.4, 0.5) is 0 Å². The van der Waals surface area contributed by atoms with Gasteiger partial charge in [0.25, 0.3) is 0 Å². The fourth-order valence-corrected chi connectivity index (χ4v) is 7.80. The van der Waals surface area contributed by atoms with E-state index in [-0.39, 0.29) is 6.10 Å². The van der Waals surface area contributed by atoms with E-state index in [9.17, 15) is 9.67 Å². The summed E-state index contributed by atoms with van der Waals surface area (Å²) in [5.74, 6) is 0. The zero-order valence-corrected chi connectivity index (χ0v) is 17.3. The lowest BCUT2D eigenvalue weighted by Gasteiger charge is -2.39. The molecule has 0 saturated carbocycles. The Bertz CT molecular complexity index is 894. The Balaban J connectivity index is 1.90. The highest BCUT2D eigenvalue weighted by Gasteiger charge is 2.46. The van der Waals surface area contributed by atoms with E-state index in [4.69, 9.17) is 4.74 Å². The van der Waals surface area contributed by atoms with E-state index in [0.717, 1.165) is 35.4 Å². The highest BCUT2D eigenvalue weighted by Crippen LogP contribution is 2.55. The number of aliphatic hydroxyl groups is 1. The van der Waals surface area contributed by atoms with Gasteiger partial charge in [-0.2, -0.15) is 0 Å². The molecule has 1 aliphatic rings. The van der Waals surface area contributed by atoms with Crippen LogP contribution in [-0.4, -0.2) is 23.5 Å². The second-order valence-electron chi connectivity index (χ2n) is 7.58. The van der Waals surface area contributed by atoms with Gasteiger partial charge in [0, 0.05) is 17.2 Å². The van der Waals surface area contributed by atoms with Crippen molar-refractivity contribution in [3.05, 3.63) is 96.6 Å². The predicted molar refractivity (Wildman–Crippen MR) is 119 cm³/mol. The molecular formula is C25H27O3P. The fourth-order valence-electron chi connectivity index (χ4n) is 4.31. The molecule has 29 heavy (non-hydrogen) atoms. The van der Waals surface area contributed by atoms with Crippen LogP contribution in [0.3, 0.4) is 0 Å². The Morgan fingerprint density at radius 3 is 1.79 bits per heavy atom. The summed E-state index contributed by atoms with van der Waals surface area (Å²) in [5.41, 5.74) is 0.230. The second-order valence-corrected chi connectivity index (χ2v) is 10.5. The van der Waals surface area contributed by atoms with Gasteiger partial charge in [-0.1, -0.05) is 91.0 Å². The summed E-state index contributed by atoms with van der Waals surface area (Å²) < 4.78 is 21.1. The van der Waals surface area contributed by atoms with Crippen LogP contribution in [0.2, 0.25) is 0 Å².